The number of nitrogens with zero attached hydrogens (tertiary/aromatic N) is 3. The highest BCUT2D eigenvalue weighted by Gasteiger charge is 2.41. The molecule has 0 aromatic heterocycles. The van der Waals surface area contributed by atoms with Gasteiger partial charge in [0.2, 0.25) is 11.8 Å². The zero-order valence-electron chi connectivity index (χ0n) is 11.1. The maximum absolute atomic E-state index is 11.9. The van der Waals surface area contributed by atoms with E-state index in [1.807, 2.05) is 18.2 Å². The predicted molar refractivity (Wildman–Crippen MR) is 73.0 cm³/mol. The number of urea groups is 1. The largest absolute Gasteiger partial charge is 0.332 e. The molecule has 0 aliphatic carbocycles. The van der Waals surface area contributed by atoms with Crippen molar-refractivity contribution in [3.8, 4) is 0 Å². The van der Waals surface area contributed by atoms with E-state index in [9.17, 15) is 14.4 Å². The summed E-state index contributed by atoms with van der Waals surface area (Å²) in [5.41, 5.74) is 3.45. The Balaban J connectivity index is 2.09. The van der Waals surface area contributed by atoms with Crippen molar-refractivity contribution in [1.82, 2.24) is 9.80 Å². The summed E-state index contributed by atoms with van der Waals surface area (Å²) in [5, 5.41) is 3.88. The maximum Gasteiger partial charge on any atom is 0.332 e. The smallest absolute Gasteiger partial charge is 0.279 e. The van der Waals surface area contributed by atoms with Gasteiger partial charge in [0, 0.05) is 20.3 Å². The Kier molecular flexibility index (Phi) is 3.79. The lowest BCUT2D eigenvalue weighted by Crippen LogP contribution is -2.57. The van der Waals surface area contributed by atoms with E-state index >= 15 is 0 Å². The molecule has 2 rings (SSSR count). The van der Waals surface area contributed by atoms with Gasteiger partial charge in [0.25, 0.3) is 0 Å². The van der Waals surface area contributed by atoms with Gasteiger partial charge < -0.3 is 0 Å². The molecule has 1 aromatic rings. The first kappa shape index (κ1) is 13.7. The van der Waals surface area contributed by atoms with Crippen LogP contribution in [0.15, 0.2) is 35.4 Å². The SMILES string of the molecule is CN1C(=O)C(/C=N/Nc2ccccc2)C(=O)N(C)C1=O. The molecule has 0 atom stereocenters. The Morgan fingerprint density at radius 1 is 1.05 bits per heavy atom. The number of carbonyl (C=O) groups is 3. The van der Waals surface area contributed by atoms with E-state index in [0.717, 1.165) is 15.5 Å². The summed E-state index contributed by atoms with van der Waals surface area (Å²) in [6, 6.07) is 8.47. The van der Waals surface area contributed by atoms with Crippen LogP contribution in [0.3, 0.4) is 0 Å². The van der Waals surface area contributed by atoms with E-state index in [0.29, 0.717) is 0 Å². The molecule has 0 unspecified atom stereocenters. The van der Waals surface area contributed by atoms with Crippen molar-refractivity contribution in [3.05, 3.63) is 30.3 Å². The molecule has 0 spiro atoms. The first-order chi connectivity index (χ1) is 9.52. The van der Waals surface area contributed by atoms with Crippen LogP contribution in [-0.4, -0.2) is 48.0 Å². The van der Waals surface area contributed by atoms with Gasteiger partial charge in [-0.2, -0.15) is 5.10 Å². The summed E-state index contributed by atoms with van der Waals surface area (Å²) in [7, 11) is 2.66. The van der Waals surface area contributed by atoms with Crippen LogP contribution in [0, 0.1) is 5.92 Å². The summed E-state index contributed by atoms with van der Waals surface area (Å²) < 4.78 is 0. The molecule has 104 valence electrons. The molecule has 20 heavy (non-hydrogen) atoms. The minimum atomic E-state index is -1.08. The molecule has 1 heterocycles. The van der Waals surface area contributed by atoms with Crippen LogP contribution in [0.25, 0.3) is 0 Å². The highest BCUT2D eigenvalue weighted by atomic mass is 16.2. The number of rotatable bonds is 3. The quantitative estimate of drug-likeness (QED) is 0.501. The highest BCUT2D eigenvalue weighted by Crippen LogP contribution is 2.13. The van der Waals surface area contributed by atoms with Gasteiger partial charge in [-0.25, -0.2) is 4.79 Å². The fourth-order valence-electron chi connectivity index (χ4n) is 1.76. The average molecular weight is 274 g/mol. The second kappa shape index (κ2) is 5.52. The van der Waals surface area contributed by atoms with Gasteiger partial charge in [-0.1, -0.05) is 18.2 Å². The van der Waals surface area contributed by atoms with E-state index in [1.54, 1.807) is 12.1 Å². The first-order valence-electron chi connectivity index (χ1n) is 5.95. The van der Waals surface area contributed by atoms with Crippen molar-refractivity contribution in [2.75, 3.05) is 19.5 Å². The second-order valence-corrected chi connectivity index (χ2v) is 4.31. The Labute approximate surface area is 115 Å². The van der Waals surface area contributed by atoms with Crippen LogP contribution >= 0.6 is 0 Å². The highest BCUT2D eigenvalue weighted by molar-refractivity contribution is 6.23. The number of nitrogens with one attached hydrogen (secondary N) is 1. The van der Waals surface area contributed by atoms with Crippen LogP contribution in [-0.2, 0) is 9.59 Å². The van der Waals surface area contributed by atoms with Gasteiger partial charge in [-0.05, 0) is 12.1 Å². The molecule has 0 bridgehead atoms. The summed E-state index contributed by atoms with van der Waals surface area (Å²) in [6.07, 6.45) is 1.21. The number of anilines is 1. The van der Waals surface area contributed by atoms with Crippen molar-refractivity contribution in [1.29, 1.82) is 0 Å². The predicted octanol–water partition coefficient (Wildman–Crippen LogP) is 0.751. The van der Waals surface area contributed by atoms with Crippen LogP contribution in [0.2, 0.25) is 0 Å². The average Bonchev–Trinajstić information content (AvgIpc) is 2.48. The summed E-state index contributed by atoms with van der Waals surface area (Å²) in [5.74, 6) is -2.26. The van der Waals surface area contributed by atoms with Gasteiger partial charge in [0.15, 0.2) is 5.92 Å². The Morgan fingerprint density at radius 2 is 1.60 bits per heavy atom. The molecule has 1 saturated heterocycles. The zero-order valence-corrected chi connectivity index (χ0v) is 11.1. The van der Waals surface area contributed by atoms with E-state index in [-0.39, 0.29) is 0 Å². The van der Waals surface area contributed by atoms with E-state index in [1.165, 1.54) is 20.3 Å². The molecule has 1 aliphatic heterocycles. The number of benzene rings is 1. The number of amides is 4. The van der Waals surface area contributed by atoms with Crippen molar-refractivity contribution in [2.45, 2.75) is 0 Å². The molecule has 1 aromatic carbocycles. The van der Waals surface area contributed by atoms with Gasteiger partial charge >= 0.3 is 6.03 Å². The third-order valence-corrected chi connectivity index (χ3v) is 2.96. The van der Waals surface area contributed by atoms with E-state index in [2.05, 4.69) is 10.5 Å². The van der Waals surface area contributed by atoms with Gasteiger partial charge in [-0.15, -0.1) is 0 Å². The second-order valence-electron chi connectivity index (χ2n) is 4.31. The molecule has 1 fully saturated rings. The first-order valence-corrected chi connectivity index (χ1v) is 5.95. The van der Waals surface area contributed by atoms with Crippen molar-refractivity contribution in [3.63, 3.8) is 0 Å². The Hall–Kier alpha value is -2.70. The van der Waals surface area contributed by atoms with Crippen LogP contribution < -0.4 is 5.43 Å². The van der Waals surface area contributed by atoms with E-state index in [4.69, 9.17) is 0 Å². The number of carbonyl (C=O) groups excluding carboxylic acids is 3. The summed E-state index contributed by atoms with van der Waals surface area (Å²) in [4.78, 5) is 37.1. The number of hydrogen-bond acceptors (Lipinski definition) is 5. The lowest BCUT2D eigenvalue weighted by molar-refractivity contribution is -0.144. The fourth-order valence-corrected chi connectivity index (χ4v) is 1.76. The minimum Gasteiger partial charge on any atom is -0.279 e. The Morgan fingerprint density at radius 3 is 2.15 bits per heavy atom. The van der Waals surface area contributed by atoms with Crippen molar-refractivity contribution in [2.24, 2.45) is 11.0 Å². The third kappa shape index (κ3) is 2.51. The monoisotopic (exact) mass is 274 g/mol. The molecular weight excluding hydrogens is 260 g/mol. The molecule has 4 amide bonds. The molecule has 1 N–H and O–H groups in total. The van der Waals surface area contributed by atoms with Gasteiger partial charge in [-0.3, -0.25) is 24.8 Å². The summed E-state index contributed by atoms with van der Waals surface area (Å²) >= 11 is 0. The molecular formula is C13H14N4O3. The van der Waals surface area contributed by atoms with Gasteiger partial charge in [0.1, 0.15) is 0 Å². The Bertz CT molecular complexity index is 546. The lowest BCUT2D eigenvalue weighted by atomic mass is 10.1. The topological polar surface area (TPSA) is 82.1 Å². The normalized spacial score (nSPS) is 17.2. The number of para-hydroxylation sites is 1. The lowest BCUT2D eigenvalue weighted by Gasteiger charge is -2.31. The van der Waals surface area contributed by atoms with Crippen LogP contribution in [0.4, 0.5) is 10.5 Å². The number of hydrazone groups is 1. The number of imide groups is 2. The fraction of sp³-hybridized carbons (Fsp3) is 0.231. The number of barbiturate groups is 1. The van der Waals surface area contributed by atoms with Crippen molar-refractivity contribution < 1.29 is 14.4 Å². The third-order valence-electron chi connectivity index (χ3n) is 2.96. The number of hydrogen-bond donors (Lipinski definition) is 1. The molecule has 7 nitrogen and oxygen atoms in total. The molecule has 1 aliphatic rings. The molecule has 0 saturated carbocycles. The molecule has 7 heteroatoms. The van der Waals surface area contributed by atoms with E-state index < -0.39 is 23.8 Å². The maximum atomic E-state index is 11.9. The zero-order chi connectivity index (χ0) is 14.7. The summed E-state index contributed by atoms with van der Waals surface area (Å²) in [6.45, 7) is 0. The van der Waals surface area contributed by atoms with Crippen LogP contribution in [0.5, 0.6) is 0 Å². The van der Waals surface area contributed by atoms with Crippen LogP contribution in [0.1, 0.15) is 0 Å². The minimum absolute atomic E-state index is 0.586. The molecule has 0 radical (unpaired) electrons. The van der Waals surface area contributed by atoms with Crippen molar-refractivity contribution >= 4 is 29.7 Å². The van der Waals surface area contributed by atoms with Gasteiger partial charge in [0.05, 0.1) is 5.69 Å². The standard InChI is InChI=1S/C13H14N4O3/c1-16-11(18)10(12(19)17(2)13(16)20)8-14-15-9-6-4-3-5-7-9/h3-8,10,15H,1-2H3/b14-8+.